The van der Waals surface area contributed by atoms with Crippen LogP contribution in [0.4, 0.5) is 0 Å². The minimum absolute atomic E-state index is 0.271. The van der Waals surface area contributed by atoms with Gasteiger partial charge in [-0.15, -0.1) is 0 Å². The van der Waals surface area contributed by atoms with Gasteiger partial charge in [0.15, 0.2) is 46.3 Å². The molecule has 0 N–H and O–H groups in total. The van der Waals surface area contributed by atoms with E-state index in [1.165, 1.54) is 0 Å². The van der Waals surface area contributed by atoms with E-state index in [2.05, 4.69) is 0 Å². The summed E-state index contributed by atoms with van der Waals surface area (Å²) in [5.41, 5.74) is -5.75. The molecular formula is C40H48O8. The van der Waals surface area contributed by atoms with Crippen molar-refractivity contribution in [3.8, 4) is 0 Å². The second kappa shape index (κ2) is 14.8. The van der Waals surface area contributed by atoms with Crippen LogP contribution in [0.25, 0.3) is 0 Å². The lowest BCUT2D eigenvalue weighted by molar-refractivity contribution is -0.140. The SMILES string of the molecule is O=C1/C=C\C(=O)C2(CCCCC2)C(=O)/C=C/C(=O)C2(CCCCC2)C(=O)/C=C/C(=O)C2(CCCCC2)C(=O)/C=C/C(=O)C12CCCCC2. The van der Waals surface area contributed by atoms with Crippen LogP contribution in [0, 0.1) is 21.7 Å². The minimum Gasteiger partial charge on any atom is -0.294 e. The Morgan fingerprint density at radius 2 is 0.354 bits per heavy atom. The zero-order chi connectivity index (χ0) is 34.4. The van der Waals surface area contributed by atoms with Crippen molar-refractivity contribution in [1.29, 1.82) is 0 Å². The van der Waals surface area contributed by atoms with Gasteiger partial charge in [-0.3, -0.25) is 38.4 Å². The number of carbonyl (C=O) groups is 8. The third-order valence-corrected chi connectivity index (χ3v) is 12.1. The van der Waals surface area contributed by atoms with Gasteiger partial charge in [0.25, 0.3) is 0 Å². The molecule has 0 aromatic carbocycles. The number of hydrogen-bond acceptors (Lipinski definition) is 8. The third-order valence-electron chi connectivity index (χ3n) is 12.1. The van der Waals surface area contributed by atoms with Crippen molar-refractivity contribution >= 4 is 46.3 Å². The summed E-state index contributed by atoms with van der Waals surface area (Å²) in [5, 5.41) is 0. The standard InChI is InChI=1S/C40H48O8/c41-29-13-15-31(43)38(23-7-2-8-24-38)33(45)17-19-35(47)40(27-11-4-12-28-40)36(48)20-18-34(46)39(25-9-3-10-26-39)32(44)16-14-30(42)37(29)21-5-1-6-22-37/h13-20H,1-12,21-28H2/b15-13-,16-14+,19-17+,20-18+. The van der Waals surface area contributed by atoms with Crippen LogP contribution in [0.2, 0.25) is 0 Å². The fourth-order valence-corrected chi connectivity index (χ4v) is 8.96. The monoisotopic (exact) mass is 656 g/mol. The Morgan fingerprint density at radius 3 is 0.479 bits per heavy atom. The fraction of sp³-hybridized carbons (Fsp3) is 0.600. The van der Waals surface area contributed by atoms with E-state index in [-0.39, 0.29) is 51.4 Å². The molecule has 0 aliphatic heterocycles. The molecule has 0 bridgehead atoms. The Hall–Kier alpha value is -3.68. The Balaban J connectivity index is 1.60. The molecule has 4 saturated carbocycles. The first-order valence-corrected chi connectivity index (χ1v) is 18.1. The van der Waals surface area contributed by atoms with Gasteiger partial charge in [0, 0.05) is 0 Å². The van der Waals surface area contributed by atoms with E-state index in [0.717, 1.165) is 74.3 Å². The molecule has 0 unspecified atom stereocenters. The lowest BCUT2D eigenvalue weighted by atomic mass is 9.65. The molecule has 256 valence electrons. The van der Waals surface area contributed by atoms with Crippen molar-refractivity contribution < 1.29 is 38.4 Å². The Bertz CT molecular complexity index is 1170. The summed E-state index contributed by atoms with van der Waals surface area (Å²) >= 11 is 0. The highest BCUT2D eigenvalue weighted by Crippen LogP contribution is 2.44. The first kappa shape index (κ1) is 35.6. The second-order valence-electron chi connectivity index (χ2n) is 14.8. The second-order valence-corrected chi connectivity index (χ2v) is 14.8. The maximum atomic E-state index is 13.8. The van der Waals surface area contributed by atoms with Crippen LogP contribution in [-0.4, -0.2) is 46.3 Å². The maximum absolute atomic E-state index is 13.8. The maximum Gasteiger partial charge on any atom is 0.169 e. The van der Waals surface area contributed by atoms with Crippen molar-refractivity contribution in [2.24, 2.45) is 21.7 Å². The number of rotatable bonds is 0. The molecule has 8 nitrogen and oxygen atoms in total. The van der Waals surface area contributed by atoms with Crippen LogP contribution in [0.15, 0.2) is 48.6 Å². The molecule has 5 aliphatic rings. The van der Waals surface area contributed by atoms with E-state index in [1.807, 2.05) is 0 Å². The summed E-state index contributed by atoms with van der Waals surface area (Å²) in [6.45, 7) is 0. The van der Waals surface area contributed by atoms with Gasteiger partial charge < -0.3 is 0 Å². The highest BCUT2D eigenvalue weighted by Gasteiger charge is 2.49. The summed E-state index contributed by atoms with van der Waals surface area (Å²) in [4.78, 5) is 111. The normalized spacial score (nSPS) is 29.7. The summed E-state index contributed by atoms with van der Waals surface area (Å²) in [6.07, 6.45) is 19.6. The number of ketones is 8. The Labute approximate surface area is 282 Å². The fourth-order valence-electron chi connectivity index (χ4n) is 8.96. The van der Waals surface area contributed by atoms with Gasteiger partial charge in [-0.2, -0.15) is 0 Å². The number of allylic oxidation sites excluding steroid dienone is 8. The Kier molecular flexibility index (Phi) is 11.0. The van der Waals surface area contributed by atoms with Crippen molar-refractivity contribution in [3.63, 3.8) is 0 Å². The largest absolute Gasteiger partial charge is 0.294 e. The van der Waals surface area contributed by atoms with Gasteiger partial charge in [0.1, 0.15) is 0 Å². The molecule has 5 rings (SSSR count). The zero-order valence-electron chi connectivity index (χ0n) is 28.0. The molecule has 0 amide bonds. The molecule has 4 fully saturated rings. The summed E-state index contributed by atoms with van der Waals surface area (Å²) < 4.78 is 0. The van der Waals surface area contributed by atoms with Crippen LogP contribution in [0.3, 0.4) is 0 Å². The average Bonchev–Trinajstić information content (AvgIpc) is 3.13. The molecular weight excluding hydrogens is 608 g/mol. The van der Waals surface area contributed by atoms with Crippen molar-refractivity contribution in [1.82, 2.24) is 0 Å². The van der Waals surface area contributed by atoms with Crippen molar-refractivity contribution in [2.75, 3.05) is 0 Å². The molecule has 8 heteroatoms. The predicted molar refractivity (Wildman–Crippen MR) is 179 cm³/mol. The quantitative estimate of drug-likeness (QED) is 0.267. The van der Waals surface area contributed by atoms with Gasteiger partial charge in [-0.1, -0.05) is 77.0 Å². The predicted octanol–water partition coefficient (Wildman–Crippen LogP) is 6.58. The van der Waals surface area contributed by atoms with Crippen LogP contribution < -0.4 is 0 Å². The van der Waals surface area contributed by atoms with Crippen LogP contribution in [-0.2, 0) is 38.4 Å². The molecule has 0 saturated heterocycles. The highest BCUT2D eigenvalue weighted by atomic mass is 16.2. The van der Waals surface area contributed by atoms with E-state index in [1.54, 1.807) is 0 Å². The summed E-state index contributed by atoms with van der Waals surface area (Å²) in [7, 11) is 0. The summed E-state index contributed by atoms with van der Waals surface area (Å²) in [5.74, 6) is -4.22. The lowest BCUT2D eigenvalue weighted by Crippen LogP contribution is -2.43. The molecule has 0 aromatic rings. The average molecular weight is 657 g/mol. The molecule has 0 radical (unpaired) electrons. The van der Waals surface area contributed by atoms with Gasteiger partial charge in [-0.05, 0) is 100.0 Å². The molecule has 4 spiro atoms. The van der Waals surface area contributed by atoms with Gasteiger partial charge in [0.2, 0.25) is 0 Å². The topological polar surface area (TPSA) is 137 Å². The van der Waals surface area contributed by atoms with Crippen molar-refractivity contribution in [2.45, 2.75) is 128 Å². The number of carbonyl (C=O) groups excluding carboxylic acids is 8. The Morgan fingerprint density at radius 1 is 0.229 bits per heavy atom. The van der Waals surface area contributed by atoms with Gasteiger partial charge in [0.05, 0.1) is 21.7 Å². The van der Waals surface area contributed by atoms with Crippen LogP contribution in [0.5, 0.6) is 0 Å². The van der Waals surface area contributed by atoms with Gasteiger partial charge >= 0.3 is 0 Å². The van der Waals surface area contributed by atoms with Crippen LogP contribution >= 0.6 is 0 Å². The van der Waals surface area contributed by atoms with Gasteiger partial charge in [-0.25, -0.2) is 0 Å². The first-order valence-electron chi connectivity index (χ1n) is 18.1. The molecule has 0 aromatic heterocycles. The highest BCUT2D eigenvalue weighted by molar-refractivity contribution is 6.24. The molecule has 48 heavy (non-hydrogen) atoms. The van der Waals surface area contributed by atoms with E-state index in [9.17, 15) is 38.4 Å². The molecule has 0 heterocycles. The van der Waals surface area contributed by atoms with E-state index in [0.29, 0.717) is 51.4 Å². The zero-order valence-corrected chi connectivity index (χ0v) is 28.0. The van der Waals surface area contributed by atoms with Crippen LogP contribution in [0.1, 0.15) is 128 Å². The summed E-state index contributed by atoms with van der Waals surface area (Å²) in [6, 6.07) is 0. The third kappa shape index (κ3) is 6.64. The first-order chi connectivity index (χ1) is 23.0. The molecule has 5 aliphatic carbocycles. The van der Waals surface area contributed by atoms with E-state index in [4.69, 9.17) is 0 Å². The molecule has 0 atom stereocenters. The lowest BCUT2D eigenvalue weighted by Gasteiger charge is -2.35. The minimum atomic E-state index is -1.44. The number of hydrogen-bond donors (Lipinski definition) is 0. The van der Waals surface area contributed by atoms with Crippen molar-refractivity contribution in [3.05, 3.63) is 48.6 Å². The van der Waals surface area contributed by atoms with E-state index >= 15 is 0 Å². The van der Waals surface area contributed by atoms with E-state index < -0.39 is 67.9 Å². The smallest absolute Gasteiger partial charge is 0.169 e.